The van der Waals surface area contributed by atoms with Gasteiger partial charge in [0, 0.05) is 48.2 Å². The number of methoxy groups -OCH3 is 1. The predicted molar refractivity (Wildman–Crippen MR) is 94.0 cm³/mol. The molecule has 1 aliphatic rings. The van der Waals surface area contributed by atoms with Crippen LogP contribution < -0.4 is 5.32 Å². The molecule has 1 aromatic rings. The summed E-state index contributed by atoms with van der Waals surface area (Å²) in [5, 5.41) is 2.95. The van der Waals surface area contributed by atoms with Crippen LogP contribution in [0.25, 0.3) is 0 Å². The first-order chi connectivity index (χ1) is 11.1. The fourth-order valence-electron chi connectivity index (χ4n) is 2.75. The van der Waals surface area contributed by atoms with E-state index in [0.29, 0.717) is 24.0 Å². The molecule has 2 unspecified atom stereocenters. The standard InChI is InChI=1S/C17H26N2O3S/c1-14-5-4-8-19(12-14)17(20)18-16-7-3-6-15(11-16)13-23(21)10-9-22-2/h3,6-7,11,14H,4-5,8-10,12-13H2,1-2H3,(H,18,20). The molecule has 1 aromatic carbocycles. The van der Waals surface area contributed by atoms with Crippen molar-refractivity contribution < 1.29 is 13.7 Å². The van der Waals surface area contributed by atoms with Crippen LogP contribution in [0.5, 0.6) is 0 Å². The molecule has 0 aliphatic carbocycles. The molecule has 0 saturated carbocycles. The number of nitrogens with zero attached hydrogens (tertiary/aromatic N) is 1. The zero-order chi connectivity index (χ0) is 16.7. The van der Waals surface area contributed by atoms with Gasteiger partial charge in [0.1, 0.15) is 0 Å². The number of anilines is 1. The molecule has 1 N–H and O–H groups in total. The number of ether oxygens (including phenoxy) is 1. The summed E-state index contributed by atoms with van der Waals surface area (Å²) in [7, 11) is 0.657. The third-order valence-corrected chi connectivity index (χ3v) is 5.24. The van der Waals surface area contributed by atoms with Gasteiger partial charge in [0.25, 0.3) is 0 Å². The van der Waals surface area contributed by atoms with E-state index in [1.807, 2.05) is 29.2 Å². The number of rotatable bonds is 6. The minimum absolute atomic E-state index is 0.0470. The summed E-state index contributed by atoms with van der Waals surface area (Å²) in [5.41, 5.74) is 1.72. The topological polar surface area (TPSA) is 58.6 Å². The minimum atomic E-state index is -0.949. The van der Waals surface area contributed by atoms with Gasteiger partial charge in [-0.15, -0.1) is 0 Å². The summed E-state index contributed by atoms with van der Waals surface area (Å²) in [6.07, 6.45) is 2.25. The van der Waals surface area contributed by atoms with Crippen molar-refractivity contribution in [2.75, 3.05) is 37.9 Å². The molecule has 0 bridgehead atoms. The van der Waals surface area contributed by atoms with E-state index < -0.39 is 10.8 Å². The Hall–Kier alpha value is -1.40. The summed E-state index contributed by atoms with van der Waals surface area (Å²) >= 11 is 0. The molecule has 23 heavy (non-hydrogen) atoms. The average Bonchev–Trinajstić information content (AvgIpc) is 2.53. The van der Waals surface area contributed by atoms with Crippen molar-refractivity contribution in [2.24, 2.45) is 5.92 Å². The Morgan fingerprint density at radius 3 is 3.04 bits per heavy atom. The maximum absolute atomic E-state index is 12.3. The van der Waals surface area contributed by atoms with Crippen LogP contribution in [-0.2, 0) is 21.3 Å². The number of urea groups is 1. The van der Waals surface area contributed by atoms with Crippen LogP contribution >= 0.6 is 0 Å². The van der Waals surface area contributed by atoms with Crippen LogP contribution in [0.3, 0.4) is 0 Å². The summed E-state index contributed by atoms with van der Waals surface area (Å²) in [6, 6.07) is 7.54. The van der Waals surface area contributed by atoms with Crippen molar-refractivity contribution >= 4 is 22.5 Å². The molecule has 1 fully saturated rings. The van der Waals surface area contributed by atoms with Crippen molar-refractivity contribution in [1.82, 2.24) is 4.90 Å². The van der Waals surface area contributed by atoms with E-state index in [9.17, 15) is 9.00 Å². The Morgan fingerprint density at radius 2 is 2.30 bits per heavy atom. The molecule has 2 atom stereocenters. The van der Waals surface area contributed by atoms with Crippen LogP contribution in [0, 0.1) is 5.92 Å². The summed E-state index contributed by atoms with van der Waals surface area (Å²) in [5.74, 6) is 1.57. The maximum Gasteiger partial charge on any atom is 0.321 e. The molecular weight excluding hydrogens is 312 g/mol. The van der Waals surface area contributed by atoms with Gasteiger partial charge in [-0.2, -0.15) is 0 Å². The lowest BCUT2D eigenvalue weighted by molar-refractivity contribution is 0.182. The number of piperidine rings is 1. The highest BCUT2D eigenvalue weighted by Crippen LogP contribution is 2.18. The maximum atomic E-state index is 12.3. The average molecular weight is 338 g/mol. The smallest absolute Gasteiger partial charge is 0.321 e. The van der Waals surface area contributed by atoms with Gasteiger partial charge in [0.05, 0.1) is 6.61 Å². The highest BCUT2D eigenvalue weighted by molar-refractivity contribution is 7.84. The van der Waals surface area contributed by atoms with Gasteiger partial charge in [-0.25, -0.2) is 4.79 Å². The van der Waals surface area contributed by atoms with Gasteiger partial charge in [-0.1, -0.05) is 19.1 Å². The van der Waals surface area contributed by atoms with Gasteiger partial charge in [0.2, 0.25) is 0 Å². The highest BCUT2D eigenvalue weighted by Gasteiger charge is 2.20. The normalized spacial score (nSPS) is 19.4. The quantitative estimate of drug-likeness (QED) is 0.868. The Morgan fingerprint density at radius 1 is 1.48 bits per heavy atom. The van der Waals surface area contributed by atoms with E-state index in [2.05, 4.69) is 12.2 Å². The molecule has 0 radical (unpaired) electrons. The van der Waals surface area contributed by atoms with E-state index >= 15 is 0 Å². The van der Waals surface area contributed by atoms with Gasteiger partial charge in [-0.05, 0) is 36.5 Å². The molecule has 5 nitrogen and oxygen atoms in total. The lowest BCUT2D eigenvalue weighted by Crippen LogP contribution is -2.41. The molecule has 1 aliphatic heterocycles. The number of hydrogen-bond donors (Lipinski definition) is 1. The third kappa shape index (κ3) is 5.95. The SMILES string of the molecule is COCCS(=O)Cc1cccc(NC(=O)N2CCCC(C)C2)c1. The van der Waals surface area contributed by atoms with Crippen molar-refractivity contribution in [2.45, 2.75) is 25.5 Å². The molecule has 1 saturated heterocycles. The number of amides is 2. The van der Waals surface area contributed by atoms with Gasteiger partial charge >= 0.3 is 6.03 Å². The Balaban J connectivity index is 1.91. The fraction of sp³-hybridized carbons (Fsp3) is 0.588. The number of hydrogen-bond acceptors (Lipinski definition) is 3. The van der Waals surface area contributed by atoms with E-state index in [-0.39, 0.29) is 6.03 Å². The Bertz CT molecular complexity index is 550. The number of carbonyl (C=O) groups is 1. The predicted octanol–water partition coefficient (Wildman–Crippen LogP) is 2.85. The first-order valence-corrected chi connectivity index (χ1v) is 9.56. The van der Waals surface area contributed by atoms with Crippen molar-refractivity contribution in [3.63, 3.8) is 0 Å². The molecule has 0 aromatic heterocycles. The van der Waals surface area contributed by atoms with E-state index in [1.165, 1.54) is 6.42 Å². The first kappa shape index (κ1) is 17.9. The summed E-state index contributed by atoms with van der Waals surface area (Å²) in [4.78, 5) is 14.2. The summed E-state index contributed by atoms with van der Waals surface area (Å²) in [6.45, 7) is 4.30. The monoisotopic (exact) mass is 338 g/mol. The number of benzene rings is 1. The molecule has 2 rings (SSSR count). The molecule has 6 heteroatoms. The molecular formula is C17H26N2O3S. The fourth-order valence-corrected chi connectivity index (χ4v) is 3.80. The van der Waals surface area contributed by atoms with E-state index in [4.69, 9.17) is 4.74 Å². The van der Waals surface area contributed by atoms with E-state index in [0.717, 1.165) is 30.8 Å². The number of likely N-dealkylation sites (tertiary alicyclic amines) is 1. The van der Waals surface area contributed by atoms with Gasteiger partial charge in [0.15, 0.2) is 0 Å². The second-order valence-electron chi connectivity index (χ2n) is 6.11. The third-order valence-electron chi connectivity index (χ3n) is 3.97. The number of carbonyl (C=O) groups excluding carboxylic acids is 1. The second kappa shape index (κ2) is 9.03. The molecule has 2 amide bonds. The van der Waals surface area contributed by atoms with Crippen LogP contribution in [0.15, 0.2) is 24.3 Å². The van der Waals surface area contributed by atoms with Crippen molar-refractivity contribution in [3.05, 3.63) is 29.8 Å². The molecule has 0 spiro atoms. The second-order valence-corrected chi connectivity index (χ2v) is 7.68. The zero-order valence-electron chi connectivity index (χ0n) is 13.9. The van der Waals surface area contributed by atoms with Crippen molar-refractivity contribution in [3.8, 4) is 0 Å². The molecule has 1 heterocycles. The van der Waals surface area contributed by atoms with Crippen molar-refractivity contribution in [1.29, 1.82) is 0 Å². The minimum Gasteiger partial charge on any atom is -0.384 e. The Labute approximate surface area is 140 Å². The van der Waals surface area contributed by atoms with Crippen LogP contribution in [-0.4, -0.2) is 47.7 Å². The van der Waals surface area contributed by atoms with E-state index in [1.54, 1.807) is 7.11 Å². The largest absolute Gasteiger partial charge is 0.384 e. The summed E-state index contributed by atoms with van der Waals surface area (Å²) < 4.78 is 16.9. The lowest BCUT2D eigenvalue weighted by Gasteiger charge is -2.31. The first-order valence-electron chi connectivity index (χ1n) is 8.07. The highest BCUT2D eigenvalue weighted by atomic mass is 32.2. The van der Waals surface area contributed by atoms with Gasteiger partial charge in [-0.3, -0.25) is 4.21 Å². The Kier molecular flexibility index (Phi) is 7.05. The number of nitrogens with one attached hydrogen (secondary N) is 1. The molecule has 128 valence electrons. The lowest BCUT2D eigenvalue weighted by atomic mass is 10.0. The zero-order valence-corrected chi connectivity index (χ0v) is 14.7. The van der Waals surface area contributed by atoms with Crippen LogP contribution in [0.2, 0.25) is 0 Å². The van der Waals surface area contributed by atoms with Crippen LogP contribution in [0.1, 0.15) is 25.3 Å². The van der Waals surface area contributed by atoms with Crippen LogP contribution in [0.4, 0.5) is 10.5 Å². The van der Waals surface area contributed by atoms with Gasteiger partial charge < -0.3 is 15.0 Å².